The van der Waals surface area contributed by atoms with Gasteiger partial charge in [-0.3, -0.25) is 4.90 Å². The van der Waals surface area contributed by atoms with Gasteiger partial charge in [-0.25, -0.2) is 0 Å². The molecule has 0 saturated carbocycles. The summed E-state index contributed by atoms with van der Waals surface area (Å²) in [7, 11) is 0. The third kappa shape index (κ3) is 4.40. The van der Waals surface area contributed by atoms with Crippen LogP contribution in [0.25, 0.3) is 0 Å². The number of aldehydes is 1. The predicted molar refractivity (Wildman–Crippen MR) is 70.0 cm³/mol. The fourth-order valence-corrected chi connectivity index (χ4v) is 2.95. The van der Waals surface area contributed by atoms with E-state index < -0.39 is 0 Å². The normalized spacial score (nSPS) is 25.5. The van der Waals surface area contributed by atoms with Crippen LogP contribution in [-0.2, 0) is 4.79 Å². The second-order valence-corrected chi connectivity index (χ2v) is 5.65. The summed E-state index contributed by atoms with van der Waals surface area (Å²) >= 11 is 0. The predicted octanol–water partition coefficient (Wildman–Crippen LogP) is 2.23. The van der Waals surface area contributed by atoms with Gasteiger partial charge in [-0.2, -0.15) is 0 Å². The lowest BCUT2D eigenvalue weighted by atomic mass is 9.85. The van der Waals surface area contributed by atoms with Crippen LogP contribution in [0.4, 0.5) is 0 Å². The fourth-order valence-electron chi connectivity index (χ4n) is 2.95. The number of rotatable bonds is 7. The number of hydrogen-bond donors (Lipinski definition) is 1. The van der Waals surface area contributed by atoms with Crippen molar-refractivity contribution in [2.45, 2.75) is 58.4 Å². The minimum Gasteiger partial charge on any atom is -0.396 e. The highest BCUT2D eigenvalue weighted by Gasteiger charge is 2.30. The largest absolute Gasteiger partial charge is 0.396 e. The molecule has 2 unspecified atom stereocenters. The van der Waals surface area contributed by atoms with Gasteiger partial charge in [0.05, 0.1) is 0 Å². The van der Waals surface area contributed by atoms with Crippen molar-refractivity contribution in [3.05, 3.63) is 0 Å². The van der Waals surface area contributed by atoms with Crippen molar-refractivity contribution in [2.75, 3.05) is 19.7 Å². The molecule has 1 N–H and O–H groups in total. The van der Waals surface area contributed by atoms with E-state index in [-0.39, 0.29) is 12.0 Å². The standard InChI is InChI=1S/C14H27NO2/c1-3-8-14(2,12-17)11-15-9-5-4-6-13(15)7-10-16/h12-13,16H,3-11H2,1-2H3. The van der Waals surface area contributed by atoms with Crippen LogP contribution in [0.1, 0.15) is 52.4 Å². The summed E-state index contributed by atoms with van der Waals surface area (Å²) in [6.07, 6.45) is 7.63. The van der Waals surface area contributed by atoms with Crippen LogP contribution >= 0.6 is 0 Å². The van der Waals surface area contributed by atoms with Crippen molar-refractivity contribution < 1.29 is 9.90 Å². The van der Waals surface area contributed by atoms with Crippen molar-refractivity contribution in [3.8, 4) is 0 Å². The summed E-state index contributed by atoms with van der Waals surface area (Å²) in [6, 6.07) is 0.477. The second-order valence-electron chi connectivity index (χ2n) is 5.65. The SMILES string of the molecule is CCCC(C)(C=O)CN1CCCCC1CCO. The maximum Gasteiger partial charge on any atom is 0.127 e. The Morgan fingerprint density at radius 1 is 1.47 bits per heavy atom. The van der Waals surface area contributed by atoms with Gasteiger partial charge < -0.3 is 9.90 Å². The molecule has 3 nitrogen and oxygen atoms in total. The molecule has 0 bridgehead atoms. The Morgan fingerprint density at radius 3 is 2.82 bits per heavy atom. The number of piperidine rings is 1. The molecular weight excluding hydrogens is 214 g/mol. The lowest BCUT2D eigenvalue weighted by Gasteiger charge is -2.40. The maximum absolute atomic E-state index is 11.3. The van der Waals surface area contributed by atoms with Crippen molar-refractivity contribution in [1.82, 2.24) is 4.90 Å². The molecule has 0 aromatic heterocycles. The number of aliphatic hydroxyl groups is 1. The molecule has 0 aromatic carbocycles. The highest BCUT2D eigenvalue weighted by molar-refractivity contribution is 5.59. The van der Waals surface area contributed by atoms with Gasteiger partial charge in [-0.15, -0.1) is 0 Å². The number of aliphatic hydroxyl groups excluding tert-OH is 1. The van der Waals surface area contributed by atoms with Gasteiger partial charge in [0.25, 0.3) is 0 Å². The number of carbonyl (C=O) groups excluding carboxylic acids is 1. The monoisotopic (exact) mass is 241 g/mol. The van der Waals surface area contributed by atoms with Crippen LogP contribution in [0.2, 0.25) is 0 Å². The Hall–Kier alpha value is -0.410. The van der Waals surface area contributed by atoms with E-state index >= 15 is 0 Å². The number of carbonyl (C=O) groups is 1. The quantitative estimate of drug-likeness (QED) is 0.695. The van der Waals surface area contributed by atoms with E-state index in [1.54, 1.807) is 0 Å². The van der Waals surface area contributed by atoms with Crippen molar-refractivity contribution in [3.63, 3.8) is 0 Å². The summed E-state index contributed by atoms with van der Waals surface area (Å²) in [4.78, 5) is 13.7. The van der Waals surface area contributed by atoms with Crippen LogP contribution in [0.5, 0.6) is 0 Å². The Balaban J connectivity index is 2.58. The van der Waals surface area contributed by atoms with Gasteiger partial charge in [0.15, 0.2) is 0 Å². The molecule has 0 spiro atoms. The lowest BCUT2D eigenvalue weighted by molar-refractivity contribution is -0.117. The molecule has 100 valence electrons. The van der Waals surface area contributed by atoms with E-state index in [2.05, 4.69) is 18.7 Å². The van der Waals surface area contributed by atoms with Crippen molar-refractivity contribution in [1.29, 1.82) is 0 Å². The Bertz CT molecular complexity index is 230. The zero-order valence-electron chi connectivity index (χ0n) is 11.3. The van der Waals surface area contributed by atoms with Crippen molar-refractivity contribution in [2.24, 2.45) is 5.41 Å². The van der Waals surface area contributed by atoms with Gasteiger partial charge in [-0.05, 0) is 32.2 Å². The van der Waals surface area contributed by atoms with Crippen LogP contribution in [-0.4, -0.2) is 42.0 Å². The van der Waals surface area contributed by atoms with E-state index in [0.29, 0.717) is 6.04 Å². The zero-order valence-corrected chi connectivity index (χ0v) is 11.3. The molecule has 1 fully saturated rings. The van der Waals surface area contributed by atoms with E-state index in [9.17, 15) is 4.79 Å². The van der Waals surface area contributed by atoms with Crippen LogP contribution in [0, 0.1) is 5.41 Å². The minimum atomic E-state index is -0.209. The molecule has 1 rings (SSSR count). The fraction of sp³-hybridized carbons (Fsp3) is 0.929. The highest BCUT2D eigenvalue weighted by atomic mass is 16.3. The molecule has 0 aromatic rings. The summed E-state index contributed by atoms with van der Waals surface area (Å²) < 4.78 is 0. The summed E-state index contributed by atoms with van der Waals surface area (Å²) in [5, 5.41) is 9.10. The molecule has 0 radical (unpaired) electrons. The lowest BCUT2D eigenvalue weighted by Crippen LogP contribution is -2.46. The van der Waals surface area contributed by atoms with Crippen LogP contribution in [0.3, 0.4) is 0 Å². The van der Waals surface area contributed by atoms with Gasteiger partial charge in [-0.1, -0.05) is 26.7 Å². The number of likely N-dealkylation sites (tertiary alicyclic amines) is 1. The highest BCUT2D eigenvalue weighted by Crippen LogP contribution is 2.27. The first-order valence-electron chi connectivity index (χ1n) is 6.96. The molecule has 17 heavy (non-hydrogen) atoms. The Morgan fingerprint density at radius 2 is 2.24 bits per heavy atom. The average molecular weight is 241 g/mol. The summed E-state index contributed by atoms with van der Waals surface area (Å²) in [5.41, 5.74) is -0.209. The zero-order chi connectivity index (χ0) is 12.7. The summed E-state index contributed by atoms with van der Waals surface area (Å²) in [5.74, 6) is 0. The second kappa shape index (κ2) is 7.12. The van der Waals surface area contributed by atoms with Crippen LogP contribution in [0.15, 0.2) is 0 Å². The molecule has 0 amide bonds. The van der Waals surface area contributed by atoms with E-state index in [4.69, 9.17) is 5.11 Å². The average Bonchev–Trinajstić information content (AvgIpc) is 2.32. The third-order valence-corrected chi connectivity index (χ3v) is 3.88. The van der Waals surface area contributed by atoms with Gasteiger partial charge in [0.2, 0.25) is 0 Å². The summed E-state index contributed by atoms with van der Waals surface area (Å²) in [6.45, 7) is 6.39. The number of nitrogens with zero attached hydrogens (tertiary/aromatic N) is 1. The van der Waals surface area contributed by atoms with E-state index in [1.807, 2.05) is 0 Å². The molecule has 1 saturated heterocycles. The Labute approximate surface area is 105 Å². The third-order valence-electron chi connectivity index (χ3n) is 3.88. The number of hydrogen-bond acceptors (Lipinski definition) is 3. The van der Waals surface area contributed by atoms with Gasteiger partial charge >= 0.3 is 0 Å². The van der Waals surface area contributed by atoms with Crippen molar-refractivity contribution >= 4 is 6.29 Å². The smallest absolute Gasteiger partial charge is 0.127 e. The van der Waals surface area contributed by atoms with E-state index in [0.717, 1.165) is 38.6 Å². The first-order chi connectivity index (χ1) is 8.15. The molecule has 2 atom stereocenters. The maximum atomic E-state index is 11.3. The first-order valence-corrected chi connectivity index (χ1v) is 6.96. The molecule has 3 heteroatoms. The first kappa shape index (κ1) is 14.7. The molecule has 0 aliphatic carbocycles. The van der Waals surface area contributed by atoms with Crippen LogP contribution < -0.4 is 0 Å². The molecular formula is C14H27NO2. The Kier molecular flexibility index (Phi) is 6.14. The van der Waals surface area contributed by atoms with Gasteiger partial charge in [0, 0.05) is 24.6 Å². The molecule has 1 aliphatic rings. The van der Waals surface area contributed by atoms with Gasteiger partial charge in [0.1, 0.15) is 6.29 Å². The molecule has 1 aliphatic heterocycles. The topological polar surface area (TPSA) is 40.5 Å². The van der Waals surface area contributed by atoms with E-state index in [1.165, 1.54) is 19.3 Å². The molecule has 1 heterocycles. The minimum absolute atomic E-state index is 0.209.